The first-order valence-corrected chi connectivity index (χ1v) is 14.5. The first-order valence-electron chi connectivity index (χ1n) is 13.3. The zero-order valence-corrected chi connectivity index (χ0v) is 23.0. The predicted molar refractivity (Wildman–Crippen MR) is 149 cm³/mol. The molecule has 0 radical (unpaired) electrons. The van der Waals surface area contributed by atoms with E-state index in [1.807, 2.05) is 59.3 Å². The number of carbonyl (C=O) groups is 2. The van der Waals surface area contributed by atoms with Gasteiger partial charge < -0.3 is 19.3 Å². The topological polar surface area (TPSA) is 62.3 Å². The Morgan fingerprint density at radius 3 is 2.68 bits per heavy atom. The fourth-order valence-corrected chi connectivity index (χ4v) is 7.60. The first kappa shape index (κ1) is 25.6. The second-order valence-corrected chi connectivity index (χ2v) is 12.2. The lowest BCUT2D eigenvalue weighted by Crippen LogP contribution is -2.54. The average Bonchev–Trinajstić information content (AvgIpc) is 3.41. The van der Waals surface area contributed by atoms with Gasteiger partial charge in [-0.2, -0.15) is 0 Å². The van der Waals surface area contributed by atoms with Crippen molar-refractivity contribution in [2.45, 2.75) is 37.1 Å². The summed E-state index contributed by atoms with van der Waals surface area (Å²) in [6, 6.07) is 13.8. The maximum absolute atomic E-state index is 13.5. The molecule has 2 saturated heterocycles. The first-order chi connectivity index (χ1) is 18.5. The van der Waals surface area contributed by atoms with Crippen molar-refractivity contribution in [3.8, 4) is 11.5 Å². The molecule has 4 aliphatic rings. The Bertz CT molecular complexity index is 1260. The van der Waals surface area contributed by atoms with Gasteiger partial charge in [-0.15, -0.1) is 11.8 Å². The Morgan fingerprint density at radius 1 is 1.08 bits per heavy atom. The highest BCUT2D eigenvalue weighted by molar-refractivity contribution is 8.04. The molecular formula is C29H32ClN3O4S. The van der Waals surface area contributed by atoms with E-state index in [9.17, 15) is 9.59 Å². The van der Waals surface area contributed by atoms with Crippen LogP contribution in [0.15, 0.2) is 47.4 Å². The molecule has 0 N–H and O–H groups in total. The van der Waals surface area contributed by atoms with Crippen LogP contribution in [0.4, 0.5) is 0 Å². The van der Waals surface area contributed by atoms with Crippen molar-refractivity contribution >= 4 is 41.3 Å². The van der Waals surface area contributed by atoms with Gasteiger partial charge in [-0.3, -0.25) is 14.5 Å². The predicted octanol–water partition coefficient (Wildman–Crippen LogP) is 4.50. The van der Waals surface area contributed by atoms with Gasteiger partial charge in [0.25, 0.3) is 5.91 Å². The zero-order chi connectivity index (χ0) is 26.2. The second kappa shape index (κ2) is 10.8. The van der Waals surface area contributed by atoms with E-state index in [1.165, 1.54) is 5.56 Å². The zero-order valence-electron chi connectivity index (χ0n) is 21.5. The van der Waals surface area contributed by atoms with Gasteiger partial charge >= 0.3 is 0 Å². The molecule has 2 aromatic carbocycles. The van der Waals surface area contributed by atoms with Crippen LogP contribution < -0.4 is 9.47 Å². The molecule has 200 valence electrons. The van der Waals surface area contributed by atoms with Crippen LogP contribution in [0.2, 0.25) is 5.02 Å². The van der Waals surface area contributed by atoms with E-state index in [2.05, 4.69) is 11.0 Å². The third kappa shape index (κ3) is 5.14. The van der Waals surface area contributed by atoms with Gasteiger partial charge in [0.15, 0.2) is 11.5 Å². The lowest BCUT2D eigenvalue weighted by atomic mass is 9.83. The van der Waals surface area contributed by atoms with Gasteiger partial charge in [0.05, 0.1) is 4.91 Å². The van der Waals surface area contributed by atoms with Crippen LogP contribution in [0.5, 0.6) is 11.5 Å². The van der Waals surface area contributed by atoms with Crippen LogP contribution in [-0.2, 0) is 16.1 Å². The molecule has 3 fully saturated rings. The van der Waals surface area contributed by atoms with Crippen LogP contribution in [0.3, 0.4) is 0 Å². The van der Waals surface area contributed by atoms with Gasteiger partial charge in [0.1, 0.15) is 0 Å². The Hall–Kier alpha value is -2.68. The summed E-state index contributed by atoms with van der Waals surface area (Å²) in [6.07, 6.45) is 4.43. The maximum Gasteiger partial charge on any atom is 0.260 e. The number of amides is 2. The number of hydrogen-bond acceptors (Lipinski definition) is 6. The minimum Gasteiger partial charge on any atom is -0.454 e. The highest BCUT2D eigenvalue weighted by atomic mass is 35.5. The lowest BCUT2D eigenvalue weighted by molar-refractivity contribution is -0.140. The smallest absolute Gasteiger partial charge is 0.260 e. The number of benzene rings is 2. The van der Waals surface area contributed by atoms with Crippen molar-refractivity contribution < 1.29 is 19.1 Å². The van der Waals surface area contributed by atoms with E-state index in [1.54, 1.807) is 11.8 Å². The van der Waals surface area contributed by atoms with Gasteiger partial charge in [0, 0.05) is 62.0 Å². The van der Waals surface area contributed by atoms with E-state index in [-0.39, 0.29) is 30.6 Å². The summed E-state index contributed by atoms with van der Waals surface area (Å²) >= 11 is 7.98. The minimum atomic E-state index is -0.0263. The molecule has 38 heavy (non-hydrogen) atoms. The minimum absolute atomic E-state index is 0.0152. The maximum atomic E-state index is 13.5. The molecule has 3 aliphatic heterocycles. The van der Waals surface area contributed by atoms with Gasteiger partial charge in [-0.25, -0.2) is 0 Å². The van der Waals surface area contributed by atoms with Gasteiger partial charge in [-0.05, 0) is 54.7 Å². The lowest BCUT2D eigenvalue weighted by Gasteiger charge is -2.45. The fraction of sp³-hybridized carbons (Fsp3) is 0.448. The Kier molecular flexibility index (Phi) is 7.29. The fourth-order valence-electron chi connectivity index (χ4n) is 5.94. The van der Waals surface area contributed by atoms with E-state index in [4.69, 9.17) is 21.1 Å². The van der Waals surface area contributed by atoms with Gasteiger partial charge in [0.2, 0.25) is 12.7 Å². The number of thioether (sulfide) groups is 1. The van der Waals surface area contributed by atoms with E-state index in [0.29, 0.717) is 10.3 Å². The quantitative estimate of drug-likeness (QED) is 0.520. The van der Waals surface area contributed by atoms with Crippen LogP contribution in [0.25, 0.3) is 6.08 Å². The van der Waals surface area contributed by atoms with Crippen molar-refractivity contribution in [1.29, 1.82) is 0 Å². The summed E-state index contributed by atoms with van der Waals surface area (Å²) in [6.45, 7) is 4.29. The molecule has 7 nitrogen and oxygen atoms in total. The molecule has 0 aromatic heterocycles. The molecule has 1 saturated carbocycles. The van der Waals surface area contributed by atoms with E-state index in [0.717, 1.165) is 74.0 Å². The van der Waals surface area contributed by atoms with Crippen LogP contribution in [0, 0.1) is 5.92 Å². The van der Waals surface area contributed by atoms with Crippen LogP contribution in [-0.4, -0.2) is 77.8 Å². The standard InChI is InChI=1S/C29H32ClN3O4S/c1-31-23-15-21(7-9-26(23)38-27(29(31)35)16-20-4-2-3-5-22(20)30)28(34)33-12-10-32(11-13-33)17-19-6-8-24-25(14-19)37-18-36-24/h2-6,8,14,16,21,23,26H,7,9-13,15,17-18H2,1H3/b27-16+. The number of fused-ring (bicyclic) bond motifs is 2. The Morgan fingerprint density at radius 2 is 1.87 bits per heavy atom. The van der Waals surface area contributed by atoms with Crippen molar-refractivity contribution in [2.24, 2.45) is 5.92 Å². The molecule has 0 bridgehead atoms. The van der Waals surface area contributed by atoms with Crippen molar-refractivity contribution in [3.05, 3.63) is 63.5 Å². The molecule has 3 unspecified atom stereocenters. The molecule has 2 aromatic rings. The number of hydrogen-bond donors (Lipinski definition) is 0. The third-order valence-electron chi connectivity index (χ3n) is 8.13. The van der Waals surface area contributed by atoms with Crippen LogP contribution in [0.1, 0.15) is 30.4 Å². The average molecular weight is 554 g/mol. The summed E-state index contributed by atoms with van der Waals surface area (Å²) in [5, 5.41) is 0.942. The molecule has 3 heterocycles. The molecule has 3 atom stereocenters. The van der Waals surface area contributed by atoms with E-state index >= 15 is 0 Å². The number of halogens is 1. The number of carbonyl (C=O) groups excluding carboxylic acids is 2. The molecule has 2 amide bonds. The number of piperazine rings is 1. The molecule has 6 rings (SSSR count). The van der Waals surface area contributed by atoms with Crippen molar-refractivity contribution in [2.75, 3.05) is 40.0 Å². The third-order valence-corrected chi connectivity index (χ3v) is 9.87. The summed E-state index contributed by atoms with van der Waals surface area (Å²) < 4.78 is 10.9. The molecule has 0 spiro atoms. The molecular weight excluding hydrogens is 522 g/mol. The number of likely N-dealkylation sites (N-methyl/N-ethyl adjacent to an activating group) is 1. The van der Waals surface area contributed by atoms with Crippen molar-refractivity contribution in [1.82, 2.24) is 14.7 Å². The number of nitrogens with zero attached hydrogens (tertiary/aromatic N) is 3. The highest BCUT2D eigenvalue weighted by Crippen LogP contribution is 2.44. The summed E-state index contributed by atoms with van der Waals surface area (Å²) in [7, 11) is 1.88. The van der Waals surface area contributed by atoms with E-state index < -0.39 is 0 Å². The highest BCUT2D eigenvalue weighted by Gasteiger charge is 2.43. The van der Waals surface area contributed by atoms with Gasteiger partial charge in [-0.1, -0.05) is 35.9 Å². The number of rotatable bonds is 4. The van der Waals surface area contributed by atoms with Crippen molar-refractivity contribution in [3.63, 3.8) is 0 Å². The second-order valence-electron chi connectivity index (χ2n) is 10.5. The number of ether oxygens (including phenoxy) is 2. The Balaban J connectivity index is 1.04. The SMILES string of the molecule is CN1C(=O)/C(=C\c2ccccc2Cl)SC2CCC(C(=O)N3CCN(Cc4ccc5c(c4)OCO5)CC3)CC21. The Labute approximate surface area is 232 Å². The monoisotopic (exact) mass is 553 g/mol. The summed E-state index contributed by atoms with van der Waals surface area (Å²) in [5.74, 6) is 1.84. The van der Waals surface area contributed by atoms with Crippen LogP contribution >= 0.6 is 23.4 Å². The largest absolute Gasteiger partial charge is 0.454 e. The summed E-state index contributed by atoms with van der Waals surface area (Å²) in [4.78, 5) is 33.7. The molecule has 1 aliphatic carbocycles. The summed E-state index contributed by atoms with van der Waals surface area (Å²) in [5.41, 5.74) is 2.05. The normalized spacial score (nSPS) is 26.5. The molecule has 9 heteroatoms.